The molecule has 0 radical (unpaired) electrons. The smallest absolute Gasteiger partial charge is 0.0705 e. The minimum Gasteiger partial charge on any atom is -0.253 e. The molecule has 21 heavy (non-hydrogen) atoms. The van der Waals surface area contributed by atoms with Crippen molar-refractivity contribution in [1.82, 2.24) is 4.98 Å². The lowest BCUT2D eigenvalue weighted by Crippen LogP contribution is -2.19. The molecule has 1 fully saturated rings. The van der Waals surface area contributed by atoms with Crippen LogP contribution in [0.15, 0.2) is 36.4 Å². The molecular formula is C19H24ClN. The fourth-order valence-electron chi connectivity index (χ4n) is 3.44. The first-order valence-electron chi connectivity index (χ1n) is 8.32. The lowest BCUT2D eigenvalue weighted by molar-refractivity contribution is 0.363. The van der Waals surface area contributed by atoms with Crippen molar-refractivity contribution < 1.29 is 0 Å². The lowest BCUT2D eigenvalue weighted by atomic mass is 9.87. The molecule has 2 heteroatoms. The van der Waals surface area contributed by atoms with Crippen molar-refractivity contribution in [1.29, 1.82) is 0 Å². The number of hydrogen-bond acceptors (Lipinski definition) is 1. The van der Waals surface area contributed by atoms with Crippen LogP contribution >= 0.6 is 11.6 Å². The summed E-state index contributed by atoms with van der Waals surface area (Å²) in [7, 11) is 0. The predicted molar refractivity (Wildman–Crippen MR) is 90.9 cm³/mol. The molecule has 0 aliphatic heterocycles. The zero-order chi connectivity index (χ0) is 14.5. The van der Waals surface area contributed by atoms with Gasteiger partial charge in [-0.3, -0.25) is 4.98 Å². The fourth-order valence-corrected chi connectivity index (χ4v) is 3.85. The Morgan fingerprint density at radius 3 is 2.48 bits per heavy atom. The number of halogens is 1. The lowest BCUT2D eigenvalue weighted by Gasteiger charge is -2.24. The Kier molecular flexibility index (Phi) is 5.13. The Morgan fingerprint density at radius 2 is 1.67 bits per heavy atom. The Morgan fingerprint density at radius 1 is 0.952 bits per heavy atom. The van der Waals surface area contributed by atoms with Crippen molar-refractivity contribution in [2.24, 2.45) is 5.92 Å². The molecule has 0 saturated heterocycles. The second kappa shape index (κ2) is 7.26. The van der Waals surface area contributed by atoms with Gasteiger partial charge < -0.3 is 0 Å². The van der Waals surface area contributed by atoms with E-state index < -0.39 is 0 Å². The molecule has 1 atom stereocenters. The van der Waals surface area contributed by atoms with E-state index in [1.165, 1.54) is 50.3 Å². The van der Waals surface area contributed by atoms with Crippen molar-refractivity contribution in [3.8, 4) is 0 Å². The molecule has 1 aromatic heterocycles. The van der Waals surface area contributed by atoms with Crippen LogP contribution in [0.3, 0.4) is 0 Å². The number of rotatable bonds is 3. The monoisotopic (exact) mass is 301 g/mol. The number of hydrogen-bond donors (Lipinski definition) is 0. The maximum absolute atomic E-state index is 6.73. The third-order valence-corrected chi connectivity index (χ3v) is 5.23. The molecule has 0 spiro atoms. The van der Waals surface area contributed by atoms with Crippen molar-refractivity contribution in [2.45, 2.75) is 56.7 Å². The van der Waals surface area contributed by atoms with Gasteiger partial charge in [0.25, 0.3) is 0 Å². The van der Waals surface area contributed by atoms with E-state index in [1.807, 2.05) is 6.07 Å². The van der Waals surface area contributed by atoms with E-state index in [9.17, 15) is 0 Å². The third-order valence-electron chi connectivity index (χ3n) is 4.72. The molecule has 1 heterocycles. The summed E-state index contributed by atoms with van der Waals surface area (Å²) < 4.78 is 0. The van der Waals surface area contributed by atoms with E-state index in [0.29, 0.717) is 5.92 Å². The molecule has 0 amide bonds. The zero-order valence-electron chi connectivity index (χ0n) is 12.6. The average Bonchev–Trinajstić information content (AvgIpc) is 2.46. The predicted octanol–water partition coefficient (Wildman–Crippen LogP) is 5.75. The van der Waals surface area contributed by atoms with Crippen LogP contribution in [0.1, 0.15) is 50.6 Å². The molecule has 1 nitrogen and oxygen atoms in total. The number of aromatic nitrogens is 1. The summed E-state index contributed by atoms with van der Waals surface area (Å²) in [6.45, 7) is 0. The molecule has 1 aliphatic carbocycles. The summed E-state index contributed by atoms with van der Waals surface area (Å²) in [5, 5.41) is 1.44. The number of nitrogens with zero attached hydrogens (tertiary/aromatic N) is 1. The van der Waals surface area contributed by atoms with Gasteiger partial charge in [0.2, 0.25) is 0 Å². The number of benzene rings is 1. The summed E-state index contributed by atoms with van der Waals surface area (Å²) >= 11 is 6.73. The second-order valence-electron chi connectivity index (χ2n) is 6.32. The number of alkyl halides is 1. The van der Waals surface area contributed by atoms with Gasteiger partial charge in [0.05, 0.1) is 5.52 Å². The zero-order valence-corrected chi connectivity index (χ0v) is 13.4. The standard InChI is InChI=1S/C19H24ClN/c20-18(15-8-4-2-1-3-5-9-15)14-17-13-12-16-10-6-7-11-19(16)21-17/h6-7,10-13,15,18H,1-5,8-9,14H2. The van der Waals surface area contributed by atoms with E-state index in [-0.39, 0.29) is 5.38 Å². The van der Waals surface area contributed by atoms with Crippen LogP contribution in [0.2, 0.25) is 0 Å². The summed E-state index contributed by atoms with van der Waals surface area (Å²) in [5.41, 5.74) is 2.22. The van der Waals surface area contributed by atoms with E-state index in [4.69, 9.17) is 16.6 Å². The summed E-state index contributed by atoms with van der Waals surface area (Å²) in [6.07, 6.45) is 10.4. The first-order chi connectivity index (χ1) is 10.3. The van der Waals surface area contributed by atoms with Gasteiger partial charge in [0, 0.05) is 22.9 Å². The molecule has 1 saturated carbocycles. The van der Waals surface area contributed by atoms with Crippen molar-refractivity contribution >= 4 is 22.5 Å². The Labute approximate surface area is 132 Å². The summed E-state index contributed by atoms with van der Waals surface area (Å²) in [5.74, 6) is 0.667. The van der Waals surface area contributed by atoms with Gasteiger partial charge in [-0.15, -0.1) is 11.6 Å². The maximum atomic E-state index is 6.73. The highest BCUT2D eigenvalue weighted by atomic mass is 35.5. The minimum absolute atomic E-state index is 0.233. The molecule has 112 valence electrons. The van der Waals surface area contributed by atoms with E-state index in [2.05, 4.69) is 30.3 Å². The molecule has 0 N–H and O–H groups in total. The largest absolute Gasteiger partial charge is 0.253 e. The van der Waals surface area contributed by atoms with E-state index in [1.54, 1.807) is 0 Å². The van der Waals surface area contributed by atoms with Crippen LogP contribution in [0.5, 0.6) is 0 Å². The van der Waals surface area contributed by atoms with E-state index >= 15 is 0 Å². The van der Waals surface area contributed by atoms with Crippen LogP contribution in [0.4, 0.5) is 0 Å². The molecule has 0 bridgehead atoms. The first kappa shape index (κ1) is 14.8. The van der Waals surface area contributed by atoms with Crippen LogP contribution < -0.4 is 0 Å². The molecule has 1 unspecified atom stereocenters. The van der Waals surface area contributed by atoms with Crippen LogP contribution in [-0.2, 0) is 6.42 Å². The van der Waals surface area contributed by atoms with Gasteiger partial charge in [0.1, 0.15) is 0 Å². The van der Waals surface area contributed by atoms with E-state index in [0.717, 1.165) is 17.6 Å². The summed E-state index contributed by atoms with van der Waals surface area (Å²) in [4.78, 5) is 4.77. The molecular weight excluding hydrogens is 278 g/mol. The highest BCUT2D eigenvalue weighted by Crippen LogP contribution is 2.29. The highest BCUT2D eigenvalue weighted by molar-refractivity contribution is 6.20. The molecule has 2 aromatic rings. The molecule has 1 aromatic carbocycles. The van der Waals surface area contributed by atoms with Crippen molar-refractivity contribution in [2.75, 3.05) is 0 Å². The quantitative estimate of drug-likeness (QED) is 0.658. The molecule has 1 aliphatic rings. The number of pyridine rings is 1. The van der Waals surface area contributed by atoms with Crippen LogP contribution in [0, 0.1) is 5.92 Å². The number of para-hydroxylation sites is 1. The Bertz CT molecular complexity index is 573. The van der Waals surface area contributed by atoms with Crippen LogP contribution in [-0.4, -0.2) is 10.4 Å². The van der Waals surface area contributed by atoms with Crippen molar-refractivity contribution in [3.63, 3.8) is 0 Å². The second-order valence-corrected chi connectivity index (χ2v) is 6.88. The minimum atomic E-state index is 0.233. The molecule has 3 rings (SSSR count). The maximum Gasteiger partial charge on any atom is 0.0705 e. The Balaban J connectivity index is 1.68. The van der Waals surface area contributed by atoms with Gasteiger partial charge in [0.15, 0.2) is 0 Å². The van der Waals surface area contributed by atoms with Crippen molar-refractivity contribution in [3.05, 3.63) is 42.1 Å². The van der Waals surface area contributed by atoms with Gasteiger partial charge in [-0.05, 0) is 30.9 Å². The van der Waals surface area contributed by atoms with Gasteiger partial charge in [-0.25, -0.2) is 0 Å². The number of fused-ring (bicyclic) bond motifs is 1. The third kappa shape index (κ3) is 3.97. The Hall–Kier alpha value is -1.08. The van der Waals surface area contributed by atoms with Gasteiger partial charge >= 0.3 is 0 Å². The highest BCUT2D eigenvalue weighted by Gasteiger charge is 2.21. The van der Waals surface area contributed by atoms with Gasteiger partial charge in [-0.2, -0.15) is 0 Å². The summed E-state index contributed by atoms with van der Waals surface area (Å²) in [6, 6.07) is 12.6. The SMILES string of the molecule is ClC(Cc1ccc2ccccc2n1)C1CCCCCCC1. The van der Waals surface area contributed by atoms with Crippen LogP contribution in [0.25, 0.3) is 10.9 Å². The normalized spacial score (nSPS) is 19.1. The van der Waals surface area contributed by atoms with Gasteiger partial charge in [-0.1, -0.05) is 56.4 Å². The topological polar surface area (TPSA) is 12.9 Å². The fraction of sp³-hybridized carbons (Fsp3) is 0.526. The average molecular weight is 302 g/mol. The first-order valence-corrected chi connectivity index (χ1v) is 8.75.